The van der Waals surface area contributed by atoms with Crippen LogP contribution in [0.2, 0.25) is 0 Å². The predicted octanol–water partition coefficient (Wildman–Crippen LogP) is 1.17. The lowest BCUT2D eigenvalue weighted by Gasteiger charge is -2.23. The van der Waals surface area contributed by atoms with E-state index >= 15 is 0 Å². The van der Waals surface area contributed by atoms with Crippen LogP contribution in [0, 0.1) is 0 Å². The number of hydrogen-bond acceptors (Lipinski definition) is 4. The Bertz CT molecular complexity index is 712. The number of nitrogens with zero attached hydrogens (tertiary/aromatic N) is 4. The summed E-state index contributed by atoms with van der Waals surface area (Å²) in [6.07, 6.45) is 7.15. The number of carbonyl (C=O) groups is 2. The summed E-state index contributed by atoms with van der Waals surface area (Å²) in [7, 11) is 1.78. The van der Waals surface area contributed by atoms with E-state index in [0.717, 1.165) is 5.56 Å². The third-order valence-corrected chi connectivity index (χ3v) is 3.97. The second-order valence-electron chi connectivity index (χ2n) is 5.34. The number of carbonyl (C=O) groups excluding carboxylic acids is 2. The van der Waals surface area contributed by atoms with Gasteiger partial charge in [0.15, 0.2) is 0 Å². The van der Waals surface area contributed by atoms with Crippen LogP contribution in [0.1, 0.15) is 24.5 Å². The van der Waals surface area contributed by atoms with Crippen molar-refractivity contribution in [2.24, 2.45) is 7.05 Å². The molecule has 1 aliphatic rings. The fourth-order valence-corrected chi connectivity index (χ4v) is 2.72. The minimum atomic E-state index is -1.03. The summed E-state index contributed by atoms with van der Waals surface area (Å²) < 4.78 is 1.62. The van der Waals surface area contributed by atoms with Crippen molar-refractivity contribution in [3.8, 4) is 0 Å². The Labute approximate surface area is 127 Å². The highest BCUT2D eigenvalue weighted by Gasteiger charge is 2.51. The molecule has 7 nitrogen and oxygen atoms in total. The molecule has 1 aliphatic heterocycles. The highest BCUT2D eigenvalue weighted by molar-refractivity contribution is 6.07. The van der Waals surface area contributed by atoms with Gasteiger partial charge in [-0.05, 0) is 18.1 Å². The SMILES string of the molecule is CC[C@]1(c2cnn(C)c2)NC(=O)N(Cc2cccnc2)C1=O. The van der Waals surface area contributed by atoms with E-state index in [1.54, 1.807) is 42.6 Å². The molecule has 114 valence electrons. The highest BCUT2D eigenvalue weighted by atomic mass is 16.2. The Morgan fingerprint density at radius 3 is 2.73 bits per heavy atom. The van der Waals surface area contributed by atoms with Crippen LogP contribution in [0.3, 0.4) is 0 Å². The van der Waals surface area contributed by atoms with Gasteiger partial charge in [-0.15, -0.1) is 0 Å². The number of hydrogen-bond donors (Lipinski definition) is 1. The molecule has 1 atom stereocenters. The minimum absolute atomic E-state index is 0.209. The summed E-state index contributed by atoms with van der Waals surface area (Å²) in [5.74, 6) is -0.253. The van der Waals surface area contributed by atoms with Crippen molar-refractivity contribution in [1.82, 2.24) is 25.0 Å². The Hall–Kier alpha value is -2.70. The van der Waals surface area contributed by atoms with Crippen LogP contribution < -0.4 is 5.32 Å². The van der Waals surface area contributed by atoms with Gasteiger partial charge in [-0.25, -0.2) is 4.79 Å². The van der Waals surface area contributed by atoms with Crippen molar-refractivity contribution >= 4 is 11.9 Å². The predicted molar refractivity (Wildman–Crippen MR) is 78.5 cm³/mol. The lowest BCUT2D eigenvalue weighted by molar-refractivity contribution is -0.132. The molecule has 3 amide bonds. The van der Waals surface area contributed by atoms with Gasteiger partial charge in [-0.2, -0.15) is 5.10 Å². The molecule has 1 fully saturated rings. The first-order chi connectivity index (χ1) is 10.6. The van der Waals surface area contributed by atoms with E-state index in [1.165, 1.54) is 4.90 Å². The summed E-state index contributed by atoms with van der Waals surface area (Å²) in [4.78, 5) is 30.4. The van der Waals surface area contributed by atoms with Gasteiger partial charge in [0, 0.05) is 31.2 Å². The summed E-state index contributed by atoms with van der Waals surface area (Å²) in [5.41, 5.74) is 0.474. The van der Waals surface area contributed by atoms with Gasteiger partial charge in [0.05, 0.1) is 12.7 Å². The second-order valence-corrected chi connectivity index (χ2v) is 5.34. The second kappa shape index (κ2) is 5.25. The summed E-state index contributed by atoms with van der Waals surface area (Å²) in [5, 5.41) is 6.94. The fraction of sp³-hybridized carbons (Fsp3) is 0.333. The molecule has 1 N–H and O–H groups in total. The molecule has 3 heterocycles. The van der Waals surface area contributed by atoms with E-state index in [4.69, 9.17) is 0 Å². The molecule has 0 bridgehead atoms. The number of aromatic nitrogens is 3. The van der Waals surface area contributed by atoms with Crippen LogP contribution >= 0.6 is 0 Å². The maximum Gasteiger partial charge on any atom is 0.325 e. The van der Waals surface area contributed by atoms with Gasteiger partial charge in [-0.1, -0.05) is 13.0 Å². The average molecular weight is 299 g/mol. The molecule has 0 aromatic carbocycles. The van der Waals surface area contributed by atoms with Crippen molar-refractivity contribution in [1.29, 1.82) is 0 Å². The van der Waals surface area contributed by atoms with Gasteiger partial charge in [-0.3, -0.25) is 19.4 Å². The van der Waals surface area contributed by atoms with E-state index < -0.39 is 5.54 Å². The number of aryl methyl sites for hydroxylation is 1. The third-order valence-electron chi connectivity index (χ3n) is 3.97. The van der Waals surface area contributed by atoms with Gasteiger partial charge in [0.25, 0.3) is 5.91 Å². The fourth-order valence-electron chi connectivity index (χ4n) is 2.72. The van der Waals surface area contributed by atoms with Gasteiger partial charge in [0.1, 0.15) is 5.54 Å². The smallest absolute Gasteiger partial charge is 0.319 e. The van der Waals surface area contributed by atoms with Crippen LogP contribution in [0.5, 0.6) is 0 Å². The Morgan fingerprint density at radius 2 is 2.14 bits per heavy atom. The Balaban J connectivity index is 1.93. The first-order valence-corrected chi connectivity index (χ1v) is 7.09. The Kier molecular flexibility index (Phi) is 3.40. The number of amides is 3. The van der Waals surface area contributed by atoms with Gasteiger partial charge in [0.2, 0.25) is 0 Å². The molecule has 0 unspecified atom stereocenters. The quantitative estimate of drug-likeness (QED) is 0.859. The van der Waals surface area contributed by atoms with E-state index in [1.807, 2.05) is 13.0 Å². The lowest BCUT2D eigenvalue weighted by atomic mass is 9.89. The molecule has 0 spiro atoms. The molecule has 0 saturated carbocycles. The normalized spacial score (nSPS) is 21.3. The molecule has 7 heteroatoms. The summed E-state index contributed by atoms with van der Waals surface area (Å²) >= 11 is 0. The van der Waals surface area contributed by atoms with Crippen LogP contribution in [0.4, 0.5) is 4.79 Å². The molecule has 22 heavy (non-hydrogen) atoms. The monoisotopic (exact) mass is 299 g/mol. The number of rotatable bonds is 4. The number of pyridine rings is 1. The third kappa shape index (κ3) is 2.14. The first kappa shape index (κ1) is 14.2. The van der Waals surface area contributed by atoms with Crippen LogP contribution in [0.25, 0.3) is 0 Å². The van der Waals surface area contributed by atoms with Gasteiger partial charge >= 0.3 is 6.03 Å². The van der Waals surface area contributed by atoms with E-state index in [0.29, 0.717) is 12.0 Å². The van der Waals surface area contributed by atoms with Crippen molar-refractivity contribution in [3.63, 3.8) is 0 Å². The maximum atomic E-state index is 12.9. The molecule has 1 saturated heterocycles. The number of imide groups is 1. The van der Waals surface area contributed by atoms with Gasteiger partial charge < -0.3 is 5.32 Å². The number of nitrogens with one attached hydrogen (secondary N) is 1. The molecule has 2 aromatic rings. The summed E-state index contributed by atoms with van der Waals surface area (Å²) in [6.45, 7) is 2.08. The van der Waals surface area contributed by atoms with E-state index in [-0.39, 0.29) is 18.5 Å². The Morgan fingerprint density at radius 1 is 1.32 bits per heavy atom. The average Bonchev–Trinajstić information content (AvgIpc) is 3.06. The molecule has 0 radical (unpaired) electrons. The van der Waals surface area contributed by atoms with Crippen molar-refractivity contribution in [2.45, 2.75) is 25.4 Å². The zero-order chi connectivity index (χ0) is 15.7. The first-order valence-electron chi connectivity index (χ1n) is 7.09. The zero-order valence-electron chi connectivity index (χ0n) is 12.5. The molecule has 0 aliphatic carbocycles. The van der Waals surface area contributed by atoms with Crippen molar-refractivity contribution in [2.75, 3.05) is 0 Å². The van der Waals surface area contributed by atoms with Crippen molar-refractivity contribution < 1.29 is 9.59 Å². The topological polar surface area (TPSA) is 80.1 Å². The molecule has 3 rings (SSSR count). The van der Waals surface area contributed by atoms with E-state index in [2.05, 4.69) is 15.4 Å². The van der Waals surface area contributed by atoms with Crippen LogP contribution in [-0.4, -0.2) is 31.6 Å². The minimum Gasteiger partial charge on any atom is -0.319 e. The zero-order valence-corrected chi connectivity index (χ0v) is 12.5. The molecule has 2 aromatic heterocycles. The maximum absolute atomic E-state index is 12.9. The van der Waals surface area contributed by atoms with Crippen molar-refractivity contribution in [3.05, 3.63) is 48.0 Å². The van der Waals surface area contributed by atoms with Crippen LogP contribution in [0.15, 0.2) is 36.9 Å². The lowest BCUT2D eigenvalue weighted by Crippen LogP contribution is -2.43. The molecular weight excluding hydrogens is 282 g/mol. The largest absolute Gasteiger partial charge is 0.325 e. The summed E-state index contributed by atoms with van der Waals surface area (Å²) in [6, 6.07) is 3.23. The highest BCUT2D eigenvalue weighted by Crippen LogP contribution is 2.32. The standard InChI is InChI=1S/C15H17N5O2/c1-3-15(12-8-17-19(2)10-12)13(21)20(14(22)18-15)9-11-5-4-6-16-7-11/h4-8,10H,3,9H2,1-2H3,(H,18,22)/t15-/m1/s1. The van der Waals surface area contributed by atoms with Crippen LogP contribution in [-0.2, 0) is 23.9 Å². The molecular formula is C15H17N5O2. The number of urea groups is 1. The van der Waals surface area contributed by atoms with E-state index in [9.17, 15) is 9.59 Å².